The lowest BCUT2D eigenvalue weighted by Gasteiger charge is -2.29. The van der Waals surface area contributed by atoms with Gasteiger partial charge >= 0.3 is 0 Å². The number of amides is 1. The molecule has 1 aromatic carbocycles. The zero-order valence-electron chi connectivity index (χ0n) is 15.7. The zero-order chi connectivity index (χ0) is 19.7. The molecular weight excluding hydrogens is 398 g/mol. The lowest BCUT2D eigenvalue weighted by atomic mass is 10.0. The highest BCUT2D eigenvalue weighted by Gasteiger charge is 2.26. The minimum absolute atomic E-state index is 0.0148. The van der Waals surface area contributed by atoms with E-state index in [2.05, 4.69) is 15.5 Å². The van der Waals surface area contributed by atoms with Gasteiger partial charge in [0.15, 0.2) is 9.84 Å². The maximum Gasteiger partial charge on any atom is 0.237 e. The molecule has 0 atom stereocenters. The molecule has 0 saturated heterocycles. The molecule has 2 aromatic rings. The number of benzene rings is 1. The first-order chi connectivity index (χ1) is 13.4. The van der Waals surface area contributed by atoms with E-state index in [1.165, 1.54) is 30.9 Å². The van der Waals surface area contributed by atoms with E-state index in [1.807, 2.05) is 4.68 Å². The Morgan fingerprint density at radius 2 is 2.04 bits per heavy atom. The van der Waals surface area contributed by atoms with Crippen molar-refractivity contribution in [2.75, 3.05) is 23.5 Å². The largest absolute Gasteiger partial charge is 0.311 e. The second-order valence-corrected chi connectivity index (χ2v) is 10.3. The molecule has 1 saturated carbocycles. The van der Waals surface area contributed by atoms with Crippen LogP contribution < -0.4 is 4.90 Å². The average molecular weight is 422 g/mol. The predicted molar refractivity (Wildman–Crippen MR) is 106 cm³/mol. The van der Waals surface area contributed by atoms with E-state index < -0.39 is 9.84 Å². The summed E-state index contributed by atoms with van der Waals surface area (Å²) in [5, 5.41) is 12.7. The standard InChI is InChI=1S/C18H23N5O3S2/c1-28(25,26)15-8-9-16-13(11-15)5-4-10-22(16)17(24)12-27-18-19-20-21-23(18)14-6-2-3-7-14/h8-9,11,14H,2-7,10,12H2,1H3. The van der Waals surface area contributed by atoms with Crippen LogP contribution in [0.2, 0.25) is 0 Å². The van der Waals surface area contributed by atoms with Crippen molar-refractivity contribution in [2.24, 2.45) is 0 Å². The third-order valence-electron chi connectivity index (χ3n) is 5.36. The van der Waals surface area contributed by atoms with Crippen LogP contribution in [0.3, 0.4) is 0 Å². The van der Waals surface area contributed by atoms with Crippen molar-refractivity contribution in [3.8, 4) is 0 Å². The molecule has 28 heavy (non-hydrogen) atoms. The van der Waals surface area contributed by atoms with E-state index in [0.29, 0.717) is 22.6 Å². The normalized spacial score (nSPS) is 17.7. The summed E-state index contributed by atoms with van der Waals surface area (Å²) in [6.45, 7) is 0.637. The van der Waals surface area contributed by atoms with Crippen LogP contribution in [0.15, 0.2) is 28.3 Å². The third-order valence-corrected chi connectivity index (χ3v) is 7.39. The number of tetrazole rings is 1. The maximum atomic E-state index is 12.9. The van der Waals surface area contributed by atoms with Crippen molar-refractivity contribution in [3.05, 3.63) is 23.8 Å². The van der Waals surface area contributed by atoms with Crippen LogP contribution in [0.1, 0.15) is 43.7 Å². The predicted octanol–water partition coefficient (Wildman–Crippen LogP) is 2.26. The van der Waals surface area contributed by atoms with Crippen molar-refractivity contribution in [2.45, 2.75) is 54.6 Å². The molecule has 0 bridgehead atoms. The SMILES string of the molecule is CS(=O)(=O)c1ccc2c(c1)CCCN2C(=O)CSc1nnnn1C1CCCC1. The fraction of sp³-hybridized carbons (Fsp3) is 0.556. The van der Waals surface area contributed by atoms with E-state index in [4.69, 9.17) is 0 Å². The first-order valence-corrected chi connectivity index (χ1v) is 12.4. The van der Waals surface area contributed by atoms with Crippen LogP contribution >= 0.6 is 11.8 Å². The van der Waals surface area contributed by atoms with Gasteiger partial charge in [0, 0.05) is 18.5 Å². The number of sulfone groups is 1. The molecular formula is C18H23N5O3S2. The van der Waals surface area contributed by atoms with Gasteiger partial charge in [-0.3, -0.25) is 4.79 Å². The van der Waals surface area contributed by atoms with Gasteiger partial charge in [-0.05, 0) is 59.9 Å². The Morgan fingerprint density at radius 1 is 1.25 bits per heavy atom. The monoisotopic (exact) mass is 421 g/mol. The number of fused-ring (bicyclic) bond motifs is 1. The van der Waals surface area contributed by atoms with E-state index in [1.54, 1.807) is 23.1 Å². The van der Waals surface area contributed by atoms with Gasteiger partial charge in [0.05, 0.1) is 16.7 Å². The average Bonchev–Trinajstić information content (AvgIpc) is 3.35. The fourth-order valence-electron chi connectivity index (χ4n) is 3.93. The second kappa shape index (κ2) is 7.82. The lowest BCUT2D eigenvalue weighted by Crippen LogP contribution is -2.36. The van der Waals surface area contributed by atoms with E-state index in [9.17, 15) is 13.2 Å². The number of hydrogen-bond donors (Lipinski definition) is 0. The number of carbonyl (C=O) groups excluding carboxylic acids is 1. The summed E-state index contributed by atoms with van der Waals surface area (Å²) in [4.78, 5) is 14.9. The maximum absolute atomic E-state index is 12.9. The van der Waals surface area contributed by atoms with E-state index >= 15 is 0 Å². The minimum Gasteiger partial charge on any atom is -0.311 e. The number of aryl methyl sites for hydroxylation is 1. The lowest BCUT2D eigenvalue weighted by molar-refractivity contribution is -0.116. The Bertz CT molecular complexity index is 983. The van der Waals surface area contributed by atoms with Gasteiger partial charge in [-0.15, -0.1) is 5.10 Å². The molecule has 1 aliphatic carbocycles. The molecule has 10 heteroatoms. The summed E-state index contributed by atoms with van der Waals surface area (Å²) in [6, 6.07) is 5.35. The van der Waals surface area contributed by atoms with Gasteiger partial charge in [0.2, 0.25) is 11.1 Å². The van der Waals surface area contributed by atoms with Crippen molar-refractivity contribution >= 4 is 33.2 Å². The highest BCUT2D eigenvalue weighted by Crippen LogP contribution is 2.33. The van der Waals surface area contributed by atoms with Crippen LogP contribution in [-0.2, 0) is 21.1 Å². The number of carbonyl (C=O) groups is 1. The number of anilines is 1. The summed E-state index contributed by atoms with van der Waals surface area (Å²) >= 11 is 1.36. The summed E-state index contributed by atoms with van der Waals surface area (Å²) in [5.41, 5.74) is 1.71. The first kappa shape index (κ1) is 19.4. The van der Waals surface area contributed by atoms with Crippen LogP contribution in [0, 0.1) is 0 Å². The van der Waals surface area contributed by atoms with Gasteiger partial charge < -0.3 is 4.90 Å². The number of thioether (sulfide) groups is 1. The van der Waals surface area contributed by atoms with Crippen LogP contribution in [-0.4, -0.2) is 53.1 Å². The molecule has 1 fully saturated rings. The Morgan fingerprint density at radius 3 is 2.79 bits per heavy atom. The number of aromatic nitrogens is 4. The summed E-state index contributed by atoms with van der Waals surface area (Å²) in [7, 11) is -3.26. The summed E-state index contributed by atoms with van der Waals surface area (Å²) < 4.78 is 25.5. The van der Waals surface area contributed by atoms with E-state index in [0.717, 1.165) is 36.9 Å². The molecule has 0 radical (unpaired) electrons. The molecule has 4 rings (SSSR count). The quantitative estimate of drug-likeness (QED) is 0.683. The minimum atomic E-state index is -3.26. The summed E-state index contributed by atoms with van der Waals surface area (Å²) in [6.07, 6.45) is 7.32. The zero-order valence-corrected chi connectivity index (χ0v) is 17.4. The van der Waals surface area contributed by atoms with Gasteiger partial charge in [0.25, 0.3) is 0 Å². The molecule has 1 aromatic heterocycles. The molecule has 0 unspecified atom stereocenters. The fourth-order valence-corrected chi connectivity index (χ4v) is 5.42. The van der Waals surface area contributed by atoms with Crippen molar-refractivity contribution in [1.29, 1.82) is 0 Å². The smallest absolute Gasteiger partial charge is 0.237 e. The van der Waals surface area contributed by atoms with Crippen LogP contribution in [0.25, 0.3) is 0 Å². The topological polar surface area (TPSA) is 98.1 Å². The summed E-state index contributed by atoms with van der Waals surface area (Å²) in [5.74, 6) is 0.236. The Balaban J connectivity index is 1.48. The second-order valence-electron chi connectivity index (χ2n) is 7.34. The van der Waals surface area contributed by atoms with Crippen LogP contribution in [0.4, 0.5) is 5.69 Å². The molecule has 8 nitrogen and oxygen atoms in total. The van der Waals surface area contributed by atoms with Crippen LogP contribution in [0.5, 0.6) is 0 Å². The Labute approximate surface area is 168 Å². The number of rotatable bonds is 5. The molecule has 0 N–H and O–H groups in total. The van der Waals surface area contributed by atoms with E-state index in [-0.39, 0.29) is 11.7 Å². The molecule has 2 heterocycles. The molecule has 2 aliphatic rings. The van der Waals surface area contributed by atoms with Gasteiger partial charge in [-0.1, -0.05) is 24.6 Å². The Kier molecular flexibility index (Phi) is 5.42. The van der Waals surface area contributed by atoms with Gasteiger partial charge in [0.1, 0.15) is 0 Å². The number of hydrogen-bond acceptors (Lipinski definition) is 7. The van der Waals surface area contributed by atoms with Crippen molar-refractivity contribution in [3.63, 3.8) is 0 Å². The first-order valence-electron chi connectivity index (χ1n) is 9.47. The van der Waals surface area contributed by atoms with Crippen molar-refractivity contribution < 1.29 is 13.2 Å². The molecule has 150 valence electrons. The number of nitrogens with zero attached hydrogens (tertiary/aromatic N) is 5. The molecule has 1 amide bonds. The van der Waals surface area contributed by atoms with Gasteiger partial charge in [-0.25, -0.2) is 13.1 Å². The highest BCUT2D eigenvalue weighted by molar-refractivity contribution is 7.99. The third kappa shape index (κ3) is 3.93. The molecule has 0 spiro atoms. The highest BCUT2D eigenvalue weighted by atomic mass is 32.2. The Hall–Kier alpha value is -1.94. The van der Waals surface area contributed by atoms with Crippen molar-refractivity contribution in [1.82, 2.24) is 20.2 Å². The molecule has 1 aliphatic heterocycles. The van der Waals surface area contributed by atoms with Gasteiger partial charge in [-0.2, -0.15) is 0 Å².